The average molecular weight is 275 g/mol. The lowest BCUT2D eigenvalue weighted by atomic mass is 10.4. The highest BCUT2D eigenvalue weighted by Crippen LogP contribution is 2.15. The molecule has 1 rings (SSSR count). The van der Waals surface area contributed by atoms with Crippen molar-refractivity contribution >= 4 is 20.6 Å². The number of sulfone groups is 1. The van der Waals surface area contributed by atoms with Crippen LogP contribution in [-0.4, -0.2) is 49.0 Å². The summed E-state index contributed by atoms with van der Waals surface area (Å²) in [6.45, 7) is 0.250. The van der Waals surface area contributed by atoms with E-state index in [1.54, 1.807) is 43.3 Å². The monoisotopic (exact) mass is 275 g/mol. The number of hydrogen-bond donors (Lipinski definition) is 0. The molecule has 0 saturated heterocycles. The molecule has 0 radical (unpaired) electrons. The molecule has 2 atom stereocenters. The van der Waals surface area contributed by atoms with Crippen LogP contribution in [0, 0.1) is 0 Å². The maximum absolute atomic E-state index is 12.2. The van der Waals surface area contributed by atoms with E-state index in [-0.39, 0.29) is 6.54 Å². The van der Waals surface area contributed by atoms with Crippen molar-refractivity contribution in [3.05, 3.63) is 30.3 Å². The van der Waals surface area contributed by atoms with Crippen LogP contribution in [0.1, 0.15) is 0 Å². The quantitative estimate of drug-likeness (QED) is 0.795. The third kappa shape index (κ3) is 4.22. The summed E-state index contributed by atoms with van der Waals surface area (Å²) in [5.41, 5.74) is 0. The van der Waals surface area contributed by atoms with Gasteiger partial charge in [0.25, 0.3) is 0 Å². The first-order valence-electron chi connectivity index (χ1n) is 5.11. The number of benzene rings is 1. The fourth-order valence-corrected chi connectivity index (χ4v) is 4.70. The Labute approximate surface area is 105 Å². The van der Waals surface area contributed by atoms with E-state index in [0.717, 1.165) is 6.26 Å². The third-order valence-corrected chi connectivity index (χ3v) is 6.25. The Bertz CT molecular complexity index is 483. The van der Waals surface area contributed by atoms with Gasteiger partial charge in [-0.25, -0.2) is 8.42 Å². The Balaban J connectivity index is 3.04. The van der Waals surface area contributed by atoms with E-state index < -0.39 is 25.2 Å². The molecule has 0 fully saturated rings. The maximum atomic E-state index is 12.2. The van der Waals surface area contributed by atoms with Crippen molar-refractivity contribution in [3.63, 3.8) is 0 Å². The molecule has 0 heterocycles. The Kier molecular flexibility index (Phi) is 4.85. The highest BCUT2D eigenvalue weighted by molar-refractivity contribution is 8.06. The van der Waals surface area contributed by atoms with Gasteiger partial charge in [0.15, 0.2) is 14.4 Å². The molecular formula is C11H17NO3S2. The molecule has 0 aromatic heterocycles. The summed E-state index contributed by atoms with van der Waals surface area (Å²) >= 11 is 0. The molecular weight excluding hydrogens is 258 g/mol. The molecule has 0 bridgehead atoms. The molecule has 0 saturated carbocycles. The van der Waals surface area contributed by atoms with Crippen LogP contribution in [0.3, 0.4) is 0 Å². The van der Waals surface area contributed by atoms with Crippen LogP contribution in [0.15, 0.2) is 35.2 Å². The van der Waals surface area contributed by atoms with Crippen molar-refractivity contribution in [1.82, 2.24) is 4.90 Å². The van der Waals surface area contributed by atoms with Crippen molar-refractivity contribution in [2.75, 3.05) is 26.9 Å². The van der Waals surface area contributed by atoms with Crippen LogP contribution in [0.2, 0.25) is 0 Å². The van der Waals surface area contributed by atoms with E-state index >= 15 is 0 Å². The zero-order chi connectivity index (χ0) is 13.1. The first-order chi connectivity index (χ1) is 7.82. The highest BCUT2D eigenvalue weighted by atomic mass is 32.3. The largest absolute Gasteiger partial charge is 0.307 e. The van der Waals surface area contributed by atoms with Crippen molar-refractivity contribution in [2.45, 2.75) is 9.48 Å². The molecule has 0 aliphatic carbocycles. The predicted molar refractivity (Wildman–Crippen MR) is 70.0 cm³/mol. The van der Waals surface area contributed by atoms with E-state index in [1.165, 1.54) is 0 Å². The molecule has 1 aromatic carbocycles. The van der Waals surface area contributed by atoms with Gasteiger partial charge in [0.2, 0.25) is 0 Å². The van der Waals surface area contributed by atoms with E-state index in [9.17, 15) is 12.6 Å². The van der Waals surface area contributed by atoms with Gasteiger partial charge in [0.1, 0.15) is 0 Å². The fourth-order valence-electron chi connectivity index (χ4n) is 1.37. The van der Waals surface area contributed by atoms with Crippen LogP contribution in [0.5, 0.6) is 0 Å². The Morgan fingerprint density at radius 1 is 1.24 bits per heavy atom. The molecule has 2 unspecified atom stereocenters. The minimum Gasteiger partial charge on any atom is -0.307 e. The van der Waals surface area contributed by atoms with E-state index in [2.05, 4.69) is 0 Å². The standard InChI is InChI=1S/C11H17NO3S2/c1-12(2)9-11(17(3,14)15)16(13)10-7-5-4-6-8-10/h4-8,11H,9H2,1-3H3. The number of hydrogen-bond acceptors (Lipinski definition) is 4. The van der Waals surface area contributed by atoms with Gasteiger partial charge >= 0.3 is 0 Å². The maximum Gasteiger partial charge on any atom is 0.163 e. The molecule has 1 aromatic rings. The average Bonchev–Trinajstić information content (AvgIpc) is 2.24. The van der Waals surface area contributed by atoms with Crippen LogP contribution in [0.4, 0.5) is 0 Å². The second-order valence-corrected chi connectivity index (χ2v) is 8.29. The van der Waals surface area contributed by atoms with Gasteiger partial charge in [0, 0.05) is 17.7 Å². The van der Waals surface area contributed by atoms with Crippen molar-refractivity contribution in [2.24, 2.45) is 0 Å². The van der Waals surface area contributed by atoms with E-state index in [0.29, 0.717) is 4.90 Å². The zero-order valence-electron chi connectivity index (χ0n) is 10.2. The van der Waals surface area contributed by atoms with Gasteiger partial charge in [0.05, 0.1) is 10.8 Å². The topological polar surface area (TPSA) is 54.5 Å². The minimum atomic E-state index is -3.35. The normalized spacial score (nSPS) is 15.8. The highest BCUT2D eigenvalue weighted by Gasteiger charge is 2.28. The van der Waals surface area contributed by atoms with Gasteiger partial charge in [-0.1, -0.05) is 18.2 Å². The summed E-state index contributed by atoms with van der Waals surface area (Å²) in [5.74, 6) is 0. The smallest absolute Gasteiger partial charge is 0.163 e. The second-order valence-electron chi connectivity index (χ2n) is 4.13. The lowest BCUT2D eigenvalue weighted by Gasteiger charge is -2.19. The molecule has 6 heteroatoms. The number of rotatable bonds is 5. The first-order valence-corrected chi connectivity index (χ1v) is 8.28. The predicted octanol–water partition coefficient (Wildman–Crippen LogP) is 0.726. The Morgan fingerprint density at radius 3 is 2.18 bits per heavy atom. The summed E-state index contributed by atoms with van der Waals surface area (Å²) in [4.78, 5) is 2.27. The summed E-state index contributed by atoms with van der Waals surface area (Å²) < 4.78 is 34.7. The van der Waals surface area contributed by atoms with Crippen molar-refractivity contribution < 1.29 is 12.6 Å². The Hall–Kier alpha value is -0.720. The lowest BCUT2D eigenvalue weighted by molar-refractivity contribution is 0.422. The van der Waals surface area contributed by atoms with Gasteiger partial charge in [-0.15, -0.1) is 0 Å². The van der Waals surface area contributed by atoms with Crippen LogP contribution in [0.25, 0.3) is 0 Å². The number of nitrogens with zero attached hydrogens (tertiary/aromatic N) is 1. The first kappa shape index (κ1) is 14.3. The minimum absolute atomic E-state index is 0.250. The summed E-state index contributed by atoms with van der Waals surface area (Å²) in [7, 11) is -1.36. The second kappa shape index (κ2) is 5.75. The molecule has 0 aliphatic rings. The molecule has 0 amide bonds. The van der Waals surface area contributed by atoms with Crippen molar-refractivity contribution in [3.8, 4) is 0 Å². The summed E-state index contributed by atoms with van der Waals surface area (Å²) in [6, 6.07) is 8.68. The lowest BCUT2D eigenvalue weighted by Crippen LogP contribution is -2.35. The Morgan fingerprint density at radius 2 is 1.76 bits per heavy atom. The van der Waals surface area contributed by atoms with Gasteiger partial charge < -0.3 is 4.90 Å². The van der Waals surface area contributed by atoms with Crippen molar-refractivity contribution in [1.29, 1.82) is 0 Å². The molecule has 0 aliphatic heterocycles. The molecule has 96 valence electrons. The van der Waals surface area contributed by atoms with Crippen LogP contribution in [-0.2, 0) is 20.6 Å². The SMILES string of the molecule is CN(C)CC(S(=O)c1ccccc1)S(C)(=O)=O. The van der Waals surface area contributed by atoms with E-state index in [1.807, 2.05) is 6.07 Å². The summed E-state index contributed by atoms with van der Waals surface area (Å²) in [6.07, 6.45) is 1.13. The van der Waals surface area contributed by atoms with E-state index in [4.69, 9.17) is 0 Å². The summed E-state index contributed by atoms with van der Waals surface area (Å²) in [5, 5.41) is 0. The van der Waals surface area contributed by atoms with Gasteiger partial charge in [-0.3, -0.25) is 4.21 Å². The fraction of sp³-hybridized carbons (Fsp3) is 0.455. The van der Waals surface area contributed by atoms with Gasteiger partial charge in [-0.2, -0.15) is 0 Å². The zero-order valence-corrected chi connectivity index (χ0v) is 11.8. The molecule has 4 nitrogen and oxygen atoms in total. The molecule has 17 heavy (non-hydrogen) atoms. The van der Waals surface area contributed by atoms with Gasteiger partial charge in [-0.05, 0) is 26.2 Å². The molecule has 0 spiro atoms. The van der Waals surface area contributed by atoms with Crippen LogP contribution < -0.4 is 0 Å². The third-order valence-electron chi connectivity index (χ3n) is 2.21. The molecule has 0 N–H and O–H groups in total. The van der Waals surface area contributed by atoms with Crippen LogP contribution >= 0.6 is 0 Å².